The topological polar surface area (TPSA) is 427 Å². The number of aromatic nitrogens is 8. The maximum absolute atomic E-state index is 11.1. The quantitative estimate of drug-likeness (QED) is 0.0153. The molecule has 490 valence electrons. The van der Waals surface area contributed by atoms with E-state index in [9.17, 15) is 4.79 Å². The summed E-state index contributed by atoms with van der Waals surface area (Å²) in [5.74, 6) is 4.14. The normalized spacial score (nSPS) is 10.7. The Balaban J connectivity index is 0.000000201. The average molecular weight is 1290 g/mol. The number of nitrogens with two attached hydrogens (primary N) is 4. The van der Waals surface area contributed by atoms with Crippen LogP contribution in [-0.4, -0.2) is 126 Å². The molecule has 32 nitrogen and oxygen atoms in total. The fourth-order valence-corrected chi connectivity index (χ4v) is 7.90. The van der Waals surface area contributed by atoms with Gasteiger partial charge >= 0.3 is 0 Å². The van der Waals surface area contributed by atoms with Gasteiger partial charge in [-0.15, -0.1) is 0 Å². The second-order valence-electron chi connectivity index (χ2n) is 18.7. The molecule has 0 aliphatic carbocycles. The molecule has 5 aromatic carbocycles. The second kappa shape index (κ2) is 37.5. The monoisotopic (exact) mass is 1290 g/mol. The third kappa shape index (κ3) is 21.9. The standard InChI is InChI=1S/C19H20N6O2.C15H18N6O3.C15H18N6O2.C14H14N6O/c1-26-17-10-14(24-13-6-4-3-5-7-13)8-9-16(17)25-19-15(11-23-27-2)18(20)21-12-22-19;1-9(22)20-10-4-5-12(13(6-10)23-2)21-15-11(7-19-24-3)14(16)17-8-18-15;1-10(21-23-3)11-4-6-12(7-5-11)20-15-13(8-19-22-2)14(16)17-9-18-15;1-16-7-10-3-5-11(6-4-10)20-14-12(8-19-21-2)13(15)17-9-18-14/h3-12,24H,1-2H3,(H3,20,21,22,25);4-8H,1-3H3,(H,20,22)(H3,16,17,18,21);4-9H,1-3H3,(H3,16,17,18,20);3-6,8-9H,7H2,2H3,(H3,15,17,18,20)/b23-11+;19-7+;19-8+,21-10+;19-8+. The van der Waals surface area contributed by atoms with Crippen molar-refractivity contribution in [3.05, 3.63) is 185 Å². The highest BCUT2D eigenvalue weighted by Crippen LogP contribution is 2.34. The highest BCUT2D eigenvalue weighted by molar-refractivity contribution is 5.99. The van der Waals surface area contributed by atoms with Crippen LogP contribution >= 0.6 is 0 Å². The molecule has 9 aromatic rings. The van der Waals surface area contributed by atoms with Crippen LogP contribution in [0.5, 0.6) is 11.5 Å². The lowest BCUT2D eigenvalue weighted by atomic mass is 10.1. The molecular formula is C63H70N24O8. The molecule has 0 saturated heterocycles. The third-order valence-electron chi connectivity index (χ3n) is 12.4. The van der Waals surface area contributed by atoms with E-state index in [0.717, 1.165) is 45.3 Å². The lowest BCUT2D eigenvalue weighted by Crippen LogP contribution is -2.07. The minimum atomic E-state index is -0.167. The zero-order chi connectivity index (χ0) is 68.3. The smallest absolute Gasteiger partial charge is 0.239 e. The van der Waals surface area contributed by atoms with Crippen molar-refractivity contribution in [2.24, 2.45) is 25.8 Å². The van der Waals surface area contributed by atoms with Crippen LogP contribution in [0.1, 0.15) is 47.2 Å². The first kappa shape index (κ1) is 70.6. The van der Waals surface area contributed by atoms with Crippen LogP contribution in [0.15, 0.2) is 166 Å². The maximum Gasteiger partial charge on any atom is 0.239 e. The summed E-state index contributed by atoms with van der Waals surface area (Å²) in [5.41, 5.74) is 33.7. The predicted molar refractivity (Wildman–Crippen MR) is 370 cm³/mol. The van der Waals surface area contributed by atoms with Gasteiger partial charge < -0.3 is 93.3 Å². The minimum Gasteiger partial charge on any atom is -0.494 e. The van der Waals surface area contributed by atoms with Crippen LogP contribution in [0.25, 0.3) is 4.85 Å². The van der Waals surface area contributed by atoms with E-state index in [0.29, 0.717) is 86.6 Å². The number of ether oxygens (including phenoxy) is 2. The van der Waals surface area contributed by atoms with Crippen LogP contribution in [-0.2, 0) is 35.5 Å². The molecular weight excluding hydrogens is 1220 g/mol. The molecule has 0 aliphatic heterocycles. The lowest BCUT2D eigenvalue weighted by molar-refractivity contribution is -0.114. The summed E-state index contributed by atoms with van der Waals surface area (Å²) in [5, 5.41) is 37.4. The van der Waals surface area contributed by atoms with Crippen LogP contribution < -0.4 is 64.3 Å². The van der Waals surface area contributed by atoms with Crippen molar-refractivity contribution >= 4 is 123 Å². The first-order valence-corrected chi connectivity index (χ1v) is 28.0. The van der Waals surface area contributed by atoms with Crippen molar-refractivity contribution in [1.29, 1.82) is 0 Å². The molecule has 0 saturated carbocycles. The van der Waals surface area contributed by atoms with Crippen LogP contribution in [0, 0.1) is 6.57 Å². The predicted octanol–water partition coefficient (Wildman–Crippen LogP) is 9.64. The van der Waals surface area contributed by atoms with E-state index in [-0.39, 0.29) is 17.5 Å². The van der Waals surface area contributed by atoms with Gasteiger partial charge in [0.25, 0.3) is 0 Å². The molecule has 4 heterocycles. The van der Waals surface area contributed by atoms with Gasteiger partial charge in [-0.25, -0.2) is 46.4 Å². The molecule has 0 atom stereocenters. The van der Waals surface area contributed by atoms with Crippen molar-refractivity contribution in [2.45, 2.75) is 20.4 Å². The number of nitrogens with zero attached hydrogens (tertiary/aromatic N) is 14. The number of oxime groups is 5. The number of carbonyl (C=O) groups is 1. The molecule has 0 fully saturated rings. The zero-order valence-corrected chi connectivity index (χ0v) is 53.1. The Morgan fingerprint density at radius 2 is 0.821 bits per heavy atom. The Bertz CT molecular complexity index is 4140. The van der Waals surface area contributed by atoms with Crippen molar-refractivity contribution in [3.8, 4) is 11.5 Å². The number of carbonyl (C=O) groups excluding carboxylic acids is 1. The fraction of sp³-hybridized carbons (Fsp3) is 0.159. The van der Waals surface area contributed by atoms with E-state index in [1.165, 1.54) is 99.8 Å². The third-order valence-corrected chi connectivity index (χ3v) is 12.4. The number of hydrogen-bond acceptors (Lipinski definition) is 30. The Morgan fingerprint density at radius 3 is 1.20 bits per heavy atom. The minimum absolute atomic E-state index is 0.167. The van der Waals surface area contributed by atoms with E-state index < -0.39 is 0 Å². The summed E-state index contributed by atoms with van der Waals surface area (Å²) >= 11 is 0. The summed E-state index contributed by atoms with van der Waals surface area (Å²) in [6.07, 6.45) is 11.2. The molecule has 0 radical (unpaired) electrons. The number of benzene rings is 5. The maximum atomic E-state index is 11.1. The SMILES string of the molecule is CO/N=C/c1c(N)ncnc1Nc1ccc(/C(C)=N/OC)cc1.CO/N=C/c1c(N)ncnc1Nc1ccc(NC(C)=O)cc1OC.CO/N=C/c1c(N)ncnc1Nc1ccc(Nc2ccccc2)cc1OC.[C-]#[N+]Cc1ccc(Nc2ncnc(N)c2/C=N/OC)cc1. The van der Waals surface area contributed by atoms with Gasteiger partial charge in [-0.2, -0.15) is 0 Å². The Morgan fingerprint density at radius 1 is 0.453 bits per heavy atom. The first-order valence-electron chi connectivity index (χ1n) is 28.0. The number of nitrogen functional groups attached to an aromatic ring is 4. The van der Waals surface area contributed by atoms with Crippen molar-refractivity contribution in [2.75, 3.05) is 105 Å². The largest absolute Gasteiger partial charge is 0.494 e. The summed E-state index contributed by atoms with van der Waals surface area (Å²) in [6.45, 7) is 10.5. The number of rotatable bonds is 24. The van der Waals surface area contributed by atoms with Gasteiger partial charge in [0.15, 0.2) is 0 Å². The van der Waals surface area contributed by atoms with Crippen molar-refractivity contribution < 1.29 is 38.5 Å². The average Bonchev–Trinajstić information content (AvgIpc) is 0.986. The van der Waals surface area contributed by atoms with E-state index in [1.54, 1.807) is 25.3 Å². The highest BCUT2D eigenvalue weighted by atomic mass is 16.6. The molecule has 9 rings (SSSR count). The number of anilines is 15. The van der Waals surface area contributed by atoms with Crippen molar-refractivity contribution in [1.82, 2.24) is 39.9 Å². The number of nitrogens with one attached hydrogen (secondary N) is 6. The fourth-order valence-electron chi connectivity index (χ4n) is 7.90. The zero-order valence-electron chi connectivity index (χ0n) is 53.1. The van der Waals surface area contributed by atoms with E-state index in [1.807, 2.05) is 104 Å². The second-order valence-corrected chi connectivity index (χ2v) is 18.7. The molecule has 95 heavy (non-hydrogen) atoms. The first-order chi connectivity index (χ1) is 46.1. The van der Waals surface area contributed by atoms with E-state index in [4.69, 9.17) is 48.7 Å². The number of hydrogen-bond donors (Lipinski definition) is 10. The van der Waals surface area contributed by atoms with Crippen LogP contribution in [0.2, 0.25) is 0 Å². The molecule has 14 N–H and O–H groups in total. The van der Waals surface area contributed by atoms with E-state index in [2.05, 4.69) is 117 Å². The molecule has 0 bridgehead atoms. The van der Waals surface area contributed by atoms with Gasteiger partial charge in [0.1, 0.15) is 119 Å². The van der Waals surface area contributed by atoms with Crippen LogP contribution in [0.3, 0.4) is 0 Å². The molecule has 4 aromatic heterocycles. The number of methoxy groups -OCH3 is 2. The van der Waals surface area contributed by atoms with Gasteiger partial charge in [0.05, 0.1) is 78.4 Å². The van der Waals surface area contributed by atoms with Gasteiger partial charge in [-0.05, 0) is 85.3 Å². The molecule has 0 spiro atoms. The van der Waals surface area contributed by atoms with Gasteiger partial charge in [-0.1, -0.05) is 56.1 Å². The van der Waals surface area contributed by atoms with Gasteiger partial charge in [0.2, 0.25) is 12.5 Å². The number of para-hydroxylation sites is 1. The summed E-state index contributed by atoms with van der Waals surface area (Å²) in [6, 6.07) is 35.9. The molecule has 1 amide bonds. The lowest BCUT2D eigenvalue weighted by Gasteiger charge is -2.15. The summed E-state index contributed by atoms with van der Waals surface area (Å²) in [4.78, 5) is 70.5. The van der Waals surface area contributed by atoms with Gasteiger partial charge in [0, 0.05) is 53.1 Å². The number of amides is 1. The Kier molecular flexibility index (Phi) is 27.9. The van der Waals surface area contributed by atoms with Gasteiger partial charge in [-0.3, -0.25) is 4.79 Å². The summed E-state index contributed by atoms with van der Waals surface area (Å²) < 4.78 is 10.9. The molecule has 0 unspecified atom stereocenters. The van der Waals surface area contributed by atoms with E-state index >= 15 is 0 Å². The van der Waals surface area contributed by atoms with Crippen LogP contribution in [0.4, 0.5) is 86.4 Å². The Hall–Kier alpha value is -13.5. The van der Waals surface area contributed by atoms with Crippen molar-refractivity contribution in [3.63, 3.8) is 0 Å². The summed E-state index contributed by atoms with van der Waals surface area (Å²) in [7, 11) is 10.4. The highest BCUT2D eigenvalue weighted by Gasteiger charge is 2.15. The molecule has 0 aliphatic rings. The molecule has 32 heteroatoms. The Labute approximate surface area is 546 Å².